The molecular formula is C15H19N3OS2. The third-order valence-electron chi connectivity index (χ3n) is 3.32. The highest BCUT2D eigenvalue weighted by molar-refractivity contribution is 8.23. The van der Waals surface area contributed by atoms with Gasteiger partial charge in [-0.3, -0.25) is 4.79 Å². The van der Waals surface area contributed by atoms with Crippen LogP contribution in [0.1, 0.15) is 31.8 Å². The lowest BCUT2D eigenvalue weighted by Gasteiger charge is -2.22. The number of hydrogen-bond acceptors (Lipinski definition) is 4. The van der Waals surface area contributed by atoms with Crippen LogP contribution in [0.25, 0.3) is 10.9 Å². The number of thiocarbonyl (C=S) groups is 1. The van der Waals surface area contributed by atoms with Crippen LogP contribution in [0.3, 0.4) is 0 Å². The summed E-state index contributed by atoms with van der Waals surface area (Å²) in [5.74, 6) is 0.665. The molecule has 0 radical (unpaired) electrons. The molecule has 6 heteroatoms. The molecule has 112 valence electrons. The Hall–Kier alpha value is -1.40. The fourth-order valence-corrected chi connectivity index (χ4v) is 3.68. The number of fused-ring (bicyclic) bond motifs is 1. The Bertz CT molecular complexity index is 695. The highest BCUT2D eigenvalue weighted by atomic mass is 32.2. The number of H-pyrrole nitrogens is 1. The Labute approximate surface area is 134 Å². The van der Waals surface area contributed by atoms with E-state index in [1.165, 1.54) is 0 Å². The standard InChI is InChI=1S/C15H19N3OS2/c1-4-18(5-2)15(20)21-10(3)13-16-12-9-7-6-8-11(12)14(19)17-13/h6-10H,4-5H2,1-3H3,(H,16,17,19)/t10-/m1/s1. The summed E-state index contributed by atoms with van der Waals surface area (Å²) in [4.78, 5) is 21.6. The Kier molecular flexibility index (Phi) is 5.36. The summed E-state index contributed by atoms with van der Waals surface area (Å²) >= 11 is 7.00. The summed E-state index contributed by atoms with van der Waals surface area (Å²) in [6.07, 6.45) is 0. The van der Waals surface area contributed by atoms with E-state index in [1.807, 2.05) is 25.1 Å². The molecule has 2 aromatic rings. The van der Waals surface area contributed by atoms with Crippen LogP contribution >= 0.6 is 24.0 Å². The number of nitrogens with one attached hydrogen (secondary N) is 1. The molecule has 1 aromatic carbocycles. The first-order valence-electron chi connectivity index (χ1n) is 7.01. The van der Waals surface area contributed by atoms with Gasteiger partial charge in [0, 0.05) is 13.1 Å². The van der Waals surface area contributed by atoms with Crippen LogP contribution in [0.4, 0.5) is 0 Å². The maximum Gasteiger partial charge on any atom is 0.258 e. The average Bonchev–Trinajstić information content (AvgIpc) is 2.48. The molecule has 1 aromatic heterocycles. The second-order valence-electron chi connectivity index (χ2n) is 4.67. The molecule has 0 saturated carbocycles. The van der Waals surface area contributed by atoms with Gasteiger partial charge in [-0.2, -0.15) is 0 Å². The highest BCUT2D eigenvalue weighted by Crippen LogP contribution is 2.28. The number of para-hydroxylation sites is 1. The topological polar surface area (TPSA) is 49.0 Å². The van der Waals surface area contributed by atoms with E-state index in [0.717, 1.165) is 22.9 Å². The van der Waals surface area contributed by atoms with E-state index in [1.54, 1.807) is 17.8 Å². The van der Waals surface area contributed by atoms with E-state index in [2.05, 4.69) is 28.7 Å². The second kappa shape index (κ2) is 7.04. The van der Waals surface area contributed by atoms with Crippen molar-refractivity contribution in [2.45, 2.75) is 26.0 Å². The normalized spacial score (nSPS) is 12.3. The number of benzene rings is 1. The van der Waals surface area contributed by atoms with Crippen molar-refractivity contribution in [1.82, 2.24) is 14.9 Å². The van der Waals surface area contributed by atoms with E-state index in [-0.39, 0.29) is 10.8 Å². The van der Waals surface area contributed by atoms with Crippen LogP contribution < -0.4 is 5.56 Å². The average molecular weight is 321 g/mol. The van der Waals surface area contributed by atoms with Gasteiger partial charge >= 0.3 is 0 Å². The fraction of sp³-hybridized carbons (Fsp3) is 0.400. The molecule has 0 spiro atoms. The van der Waals surface area contributed by atoms with Crippen LogP contribution in [0.15, 0.2) is 29.1 Å². The maximum atomic E-state index is 12.1. The molecule has 0 bridgehead atoms. The van der Waals surface area contributed by atoms with E-state index in [9.17, 15) is 4.79 Å². The third-order valence-corrected chi connectivity index (χ3v) is 4.90. The molecule has 1 heterocycles. The van der Waals surface area contributed by atoms with Gasteiger partial charge in [0.25, 0.3) is 5.56 Å². The van der Waals surface area contributed by atoms with Gasteiger partial charge in [0.1, 0.15) is 10.1 Å². The first kappa shape index (κ1) is 16.0. The van der Waals surface area contributed by atoms with Crippen molar-refractivity contribution >= 4 is 39.2 Å². The minimum absolute atomic E-state index is 0.00964. The molecule has 21 heavy (non-hydrogen) atoms. The largest absolute Gasteiger partial charge is 0.358 e. The number of aromatic nitrogens is 2. The fourth-order valence-electron chi connectivity index (χ4n) is 2.06. The van der Waals surface area contributed by atoms with Gasteiger partial charge in [-0.15, -0.1) is 0 Å². The van der Waals surface area contributed by atoms with Gasteiger partial charge in [0.2, 0.25) is 0 Å². The number of aromatic amines is 1. The minimum Gasteiger partial charge on any atom is -0.358 e. The lowest BCUT2D eigenvalue weighted by Crippen LogP contribution is -2.27. The molecule has 0 fully saturated rings. The van der Waals surface area contributed by atoms with Gasteiger partial charge in [-0.05, 0) is 32.9 Å². The first-order chi connectivity index (χ1) is 10.1. The predicted molar refractivity (Wildman–Crippen MR) is 93.9 cm³/mol. The smallest absolute Gasteiger partial charge is 0.258 e. The molecule has 0 aliphatic rings. The second-order valence-corrected chi connectivity index (χ2v) is 6.64. The summed E-state index contributed by atoms with van der Waals surface area (Å²) in [7, 11) is 0. The third kappa shape index (κ3) is 3.63. The van der Waals surface area contributed by atoms with Crippen molar-refractivity contribution in [2.75, 3.05) is 13.1 Å². The van der Waals surface area contributed by atoms with E-state index in [4.69, 9.17) is 12.2 Å². The number of nitrogens with zero attached hydrogens (tertiary/aromatic N) is 2. The zero-order chi connectivity index (χ0) is 15.4. The van der Waals surface area contributed by atoms with Crippen molar-refractivity contribution < 1.29 is 0 Å². The van der Waals surface area contributed by atoms with Crippen LogP contribution in [0.5, 0.6) is 0 Å². The minimum atomic E-state index is -0.100. The SMILES string of the molecule is CCN(CC)C(=S)S[C@H](C)c1nc2ccccc2c(=O)[nH]1. The molecule has 0 amide bonds. The van der Waals surface area contributed by atoms with E-state index >= 15 is 0 Å². The van der Waals surface area contributed by atoms with Crippen molar-refractivity contribution in [2.24, 2.45) is 0 Å². The van der Waals surface area contributed by atoms with Crippen LogP contribution in [-0.2, 0) is 0 Å². The van der Waals surface area contributed by atoms with Crippen molar-refractivity contribution in [3.63, 3.8) is 0 Å². The van der Waals surface area contributed by atoms with E-state index in [0.29, 0.717) is 11.2 Å². The zero-order valence-electron chi connectivity index (χ0n) is 12.4. The molecule has 2 rings (SSSR count). The monoisotopic (exact) mass is 321 g/mol. The van der Waals surface area contributed by atoms with Crippen LogP contribution in [0, 0.1) is 0 Å². The van der Waals surface area contributed by atoms with Crippen molar-refractivity contribution in [3.8, 4) is 0 Å². The molecule has 0 unspecified atom stereocenters. The maximum absolute atomic E-state index is 12.1. The molecule has 0 saturated heterocycles. The zero-order valence-corrected chi connectivity index (χ0v) is 14.1. The highest BCUT2D eigenvalue weighted by Gasteiger charge is 2.16. The lowest BCUT2D eigenvalue weighted by molar-refractivity contribution is 0.482. The van der Waals surface area contributed by atoms with Gasteiger partial charge in [0.15, 0.2) is 0 Å². The van der Waals surface area contributed by atoms with Crippen molar-refractivity contribution in [3.05, 3.63) is 40.4 Å². The Balaban J connectivity index is 2.25. The lowest BCUT2D eigenvalue weighted by atomic mass is 10.2. The van der Waals surface area contributed by atoms with Gasteiger partial charge in [-0.1, -0.05) is 36.1 Å². The van der Waals surface area contributed by atoms with Crippen LogP contribution in [0.2, 0.25) is 0 Å². The summed E-state index contributed by atoms with van der Waals surface area (Å²) < 4.78 is 0.836. The molecule has 1 atom stereocenters. The Morgan fingerprint density at radius 1 is 1.38 bits per heavy atom. The molecule has 1 N–H and O–H groups in total. The Morgan fingerprint density at radius 2 is 2.05 bits per heavy atom. The number of rotatable bonds is 4. The quantitative estimate of drug-likeness (QED) is 0.875. The van der Waals surface area contributed by atoms with Gasteiger partial charge < -0.3 is 9.88 Å². The molecule has 0 aliphatic carbocycles. The molecular weight excluding hydrogens is 302 g/mol. The molecule has 0 aliphatic heterocycles. The molecule has 4 nitrogen and oxygen atoms in total. The van der Waals surface area contributed by atoms with E-state index < -0.39 is 0 Å². The van der Waals surface area contributed by atoms with Gasteiger partial charge in [-0.25, -0.2) is 4.98 Å². The van der Waals surface area contributed by atoms with Crippen molar-refractivity contribution in [1.29, 1.82) is 0 Å². The summed E-state index contributed by atoms with van der Waals surface area (Å²) in [6.45, 7) is 7.94. The summed E-state index contributed by atoms with van der Waals surface area (Å²) in [6, 6.07) is 7.36. The van der Waals surface area contributed by atoms with Crippen LogP contribution in [-0.4, -0.2) is 32.3 Å². The van der Waals surface area contributed by atoms with Gasteiger partial charge in [0.05, 0.1) is 16.2 Å². The summed E-state index contributed by atoms with van der Waals surface area (Å²) in [5.41, 5.74) is 0.620. The number of hydrogen-bond donors (Lipinski definition) is 1. The predicted octanol–water partition coefficient (Wildman–Crippen LogP) is 3.34. The summed E-state index contributed by atoms with van der Waals surface area (Å²) in [5, 5.41) is 0.625. The number of thioether (sulfide) groups is 1. The first-order valence-corrected chi connectivity index (χ1v) is 8.30. The Morgan fingerprint density at radius 3 is 2.71 bits per heavy atom.